The number of benzene rings is 1. The summed E-state index contributed by atoms with van der Waals surface area (Å²) in [5.41, 5.74) is 16.0. The van der Waals surface area contributed by atoms with Crippen LogP contribution >= 0.6 is 0 Å². The van der Waals surface area contributed by atoms with Crippen LogP contribution in [0.2, 0.25) is 0 Å². The lowest BCUT2D eigenvalue weighted by atomic mass is 10.1. The predicted molar refractivity (Wildman–Crippen MR) is 71.7 cm³/mol. The van der Waals surface area contributed by atoms with Crippen molar-refractivity contribution < 1.29 is 19.1 Å². The Labute approximate surface area is 115 Å². The highest BCUT2D eigenvalue weighted by molar-refractivity contribution is 6.04. The maximum Gasteiger partial charge on any atom is 0.260 e. The third-order valence-electron chi connectivity index (χ3n) is 2.47. The second kappa shape index (κ2) is 6.41. The molecule has 0 heterocycles. The quantitative estimate of drug-likeness (QED) is 0.554. The fourth-order valence-electron chi connectivity index (χ4n) is 1.68. The van der Waals surface area contributed by atoms with Gasteiger partial charge in [-0.2, -0.15) is 0 Å². The molecular formula is C12H16N4O4. The van der Waals surface area contributed by atoms with Gasteiger partial charge >= 0.3 is 0 Å². The summed E-state index contributed by atoms with van der Waals surface area (Å²) in [7, 11) is 1.37. The lowest BCUT2D eigenvalue weighted by molar-refractivity contribution is -0.121. The summed E-state index contributed by atoms with van der Waals surface area (Å²) >= 11 is 0. The molecule has 0 spiro atoms. The van der Waals surface area contributed by atoms with Gasteiger partial charge in [-0.05, 0) is 12.1 Å². The van der Waals surface area contributed by atoms with Gasteiger partial charge in [0.15, 0.2) is 0 Å². The van der Waals surface area contributed by atoms with Crippen LogP contribution in [0.15, 0.2) is 18.2 Å². The van der Waals surface area contributed by atoms with E-state index >= 15 is 0 Å². The molecule has 0 bridgehead atoms. The third kappa shape index (κ3) is 3.61. The van der Waals surface area contributed by atoms with Crippen LogP contribution in [-0.2, 0) is 9.59 Å². The van der Waals surface area contributed by atoms with E-state index in [1.54, 1.807) is 6.07 Å². The van der Waals surface area contributed by atoms with Gasteiger partial charge in [0.2, 0.25) is 11.8 Å². The molecule has 0 aliphatic carbocycles. The van der Waals surface area contributed by atoms with E-state index in [4.69, 9.17) is 21.9 Å². The van der Waals surface area contributed by atoms with Gasteiger partial charge in [-0.3, -0.25) is 14.4 Å². The van der Waals surface area contributed by atoms with E-state index in [9.17, 15) is 14.4 Å². The van der Waals surface area contributed by atoms with Gasteiger partial charge in [0, 0.05) is 5.69 Å². The molecule has 0 aliphatic rings. The van der Waals surface area contributed by atoms with Crippen molar-refractivity contribution in [2.75, 3.05) is 25.9 Å². The molecule has 0 fully saturated rings. The number of amides is 3. The Morgan fingerprint density at radius 3 is 2.15 bits per heavy atom. The molecular weight excluding hydrogens is 264 g/mol. The van der Waals surface area contributed by atoms with E-state index in [2.05, 4.69) is 0 Å². The zero-order chi connectivity index (χ0) is 15.3. The number of ether oxygens (including phenoxy) is 1. The lowest BCUT2D eigenvalue weighted by Gasteiger charge is -2.21. The van der Waals surface area contributed by atoms with Crippen molar-refractivity contribution in [2.24, 2.45) is 11.5 Å². The van der Waals surface area contributed by atoms with Gasteiger partial charge in [0.05, 0.1) is 7.11 Å². The summed E-state index contributed by atoms with van der Waals surface area (Å²) in [4.78, 5) is 35.2. The minimum Gasteiger partial charge on any atom is -0.496 e. The van der Waals surface area contributed by atoms with E-state index in [0.29, 0.717) is 0 Å². The minimum atomic E-state index is -0.770. The first-order valence-corrected chi connectivity index (χ1v) is 5.65. The van der Waals surface area contributed by atoms with Crippen LogP contribution in [0.5, 0.6) is 5.75 Å². The Bertz CT molecular complexity index is 528. The van der Waals surface area contributed by atoms with E-state index in [0.717, 1.165) is 4.90 Å². The zero-order valence-corrected chi connectivity index (χ0v) is 11.0. The SMILES string of the molecule is COc1cccc(N)c1C(=O)N(CC(N)=O)CC(N)=O. The summed E-state index contributed by atoms with van der Waals surface area (Å²) in [5.74, 6) is -1.97. The van der Waals surface area contributed by atoms with Crippen LogP contribution in [0.1, 0.15) is 10.4 Å². The molecule has 0 aromatic heterocycles. The topological polar surface area (TPSA) is 142 Å². The second-order valence-electron chi connectivity index (χ2n) is 4.02. The summed E-state index contributed by atoms with van der Waals surface area (Å²) < 4.78 is 5.05. The fourth-order valence-corrected chi connectivity index (χ4v) is 1.68. The fraction of sp³-hybridized carbons (Fsp3) is 0.250. The van der Waals surface area contributed by atoms with Gasteiger partial charge in [-0.25, -0.2) is 0 Å². The highest BCUT2D eigenvalue weighted by atomic mass is 16.5. The van der Waals surface area contributed by atoms with E-state index < -0.39 is 30.8 Å². The van der Waals surface area contributed by atoms with Gasteiger partial charge in [0.25, 0.3) is 5.91 Å². The Hall–Kier alpha value is -2.77. The number of rotatable bonds is 6. The van der Waals surface area contributed by atoms with E-state index in [1.807, 2.05) is 0 Å². The van der Waals surface area contributed by atoms with Crippen LogP contribution in [0.25, 0.3) is 0 Å². The molecule has 0 saturated heterocycles. The molecule has 6 N–H and O–H groups in total. The average Bonchev–Trinajstić information content (AvgIpc) is 2.35. The molecule has 0 atom stereocenters. The number of primary amides is 2. The van der Waals surface area contributed by atoms with E-state index in [1.165, 1.54) is 19.2 Å². The smallest absolute Gasteiger partial charge is 0.260 e. The first-order chi connectivity index (χ1) is 9.36. The lowest BCUT2D eigenvalue weighted by Crippen LogP contribution is -2.43. The summed E-state index contributed by atoms with van der Waals surface area (Å²) in [5, 5.41) is 0. The monoisotopic (exact) mass is 280 g/mol. The van der Waals surface area contributed by atoms with Crippen molar-refractivity contribution in [3.05, 3.63) is 23.8 Å². The maximum atomic E-state index is 12.4. The van der Waals surface area contributed by atoms with Gasteiger partial charge in [0.1, 0.15) is 24.4 Å². The van der Waals surface area contributed by atoms with E-state index in [-0.39, 0.29) is 17.0 Å². The van der Waals surface area contributed by atoms with Crippen molar-refractivity contribution in [1.29, 1.82) is 0 Å². The molecule has 1 aromatic rings. The number of nitrogen functional groups attached to an aromatic ring is 1. The average molecular weight is 280 g/mol. The Balaban J connectivity index is 3.17. The molecule has 20 heavy (non-hydrogen) atoms. The standard InChI is InChI=1S/C12H16N4O4/c1-20-8-4-2-3-7(13)11(8)12(19)16(5-9(14)17)6-10(15)18/h2-4H,5-6,13H2,1H3,(H2,14,17)(H2,15,18). The highest BCUT2D eigenvalue weighted by Gasteiger charge is 2.24. The first kappa shape index (κ1) is 15.3. The molecule has 0 radical (unpaired) electrons. The van der Waals surface area contributed by atoms with Crippen LogP contribution in [0.3, 0.4) is 0 Å². The summed E-state index contributed by atoms with van der Waals surface area (Å²) in [6.07, 6.45) is 0. The molecule has 108 valence electrons. The third-order valence-corrected chi connectivity index (χ3v) is 2.47. The largest absolute Gasteiger partial charge is 0.496 e. The first-order valence-electron chi connectivity index (χ1n) is 5.65. The summed E-state index contributed by atoms with van der Waals surface area (Å²) in [6, 6.07) is 4.65. The van der Waals surface area contributed by atoms with Crippen LogP contribution < -0.4 is 21.9 Å². The van der Waals surface area contributed by atoms with Crippen LogP contribution in [0, 0.1) is 0 Å². The number of carbonyl (C=O) groups is 3. The second-order valence-corrected chi connectivity index (χ2v) is 4.02. The highest BCUT2D eigenvalue weighted by Crippen LogP contribution is 2.25. The number of nitrogens with zero attached hydrogens (tertiary/aromatic N) is 1. The Morgan fingerprint density at radius 2 is 1.70 bits per heavy atom. The van der Waals surface area contributed by atoms with Gasteiger partial charge in [-0.1, -0.05) is 6.07 Å². The van der Waals surface area contributed by atoms with Crippen LogP contribution in [-0.4, -0.2) is 42.8 Å². The van der Waals surface area contributed by atoms with Gasteiger partial charge < -0.3 is 26.8 Å². The number of hydrogen-bond acceptors (Lipinski definition) is 5. The Morgan fingerprint density at radius 1 is 1.15 bits per heavy atom. The van der Waals surface area contributed by atoms with Crippen molar-refractivity contribution in [3.8, 4) is 5.75 Å². The normalized spacial score (nSPS) is 9.85. The molecule has 8 heteroatoms. The number of anilines is 1. The predicted octanol–water partition coefficient (Wildman–Crippen LogP) is -1.31. The number of carbonyl (C=O) groups excluding carboxylic acids is 3. The minimum absolute atomic E-state index is 0.0532. The summed E-state index contributed by atoms with van der Waals surface area (Å²) in [6.45, 7) is -0.890. The van der Waals surface area contributed by atoms with Crippen molar-refractivity contribution >= 4 is 23.4 Å². The Kier molecular flexibility index (Phi) is 4.90. The molecule has 1 rings (SSSR count). The number of nitrogens with two attached hydrogens (primary N) is 3. The molecule has 3 amide bonds. The van der Waals surface area contributed by atoms with Crippen molar-refractivity contribution in [3.63, 3.8) is 0 Å². The molecule has 0 aliphatic heterocycles. The molecule has 1 aromatic carbocycles. The van der Waals surface area contributed by atoms with Crippen molar-refractivity contribution in [1.82, 2.24) is 4.90 Å². The molecule has 8 nitrogen and oxygen atoms in total. The molecule has 0 unspecified atom stereocenters. The van der Waals surface area contributed by atoms with Crippen LogP contribution in [0.4, 0.5) is 5.69 Å². The molecule has 0 saturated carbocycles. The number of hydrogen-bond donors (Lipinski definition) is 3. The maximum absolute atomic E-state index is 12.4. The van der Waals surface area contributed by atoms with Crippen molar-refractivity contribution in [2.45, 2.75) is 0 Å². The number of methoxy groups -OCH3 is 1. The van der Waals surface area contributed by atoms with Gasteiger partial charge in [-0.15, -0.1) is 0 Å². The zero-order valence-electron chi connectivity index (χ0n) is 11.0.